The van der Waals surface area contributed by atoms with Crippen LogP contribution in [-0.4, -0.2) is 67.8 Å². The van der Waals surface area contributed by atoms with E-state index in [4.69, 9.17) is 26.5 Å². The number of amides is 3. The number of ether oxygens (including phenoxy) is 1. The molecule has 2 aromatic carbocycles. The molecule has 0 aliphatic rings. The van der Waals surface area contributed by atoms with Crippen LogP contribution in [-0.2, 0) is 27.2 Å². The number of carbonyl (C=O) groups excluding carboxylic acids is 3. The quantitative estimate of drug-likeness (QED) is 0.0552. The molecule has 4 aromatic rings. The lowest BCUT2D eigenvalue weighted by atomic mass is 9.95. The number of phenols is 1. The Morgan fingerprint density at radius 2 is 1.77 bits per heavy atom. The second-order valence-electron chi connectivity index (χ2n) is 10.9. The van der Waals surface area contributed by atoms with Crippen LogP contribution >= 0.6 is 0 Å². The third-order valence-electron chi connectivity index (χ3n) is 7.26. The van der Waals surface area contributed by atoms with Gasteiger partial charge in [0, 0.05) is 36.8 Å². The highest BCUT2D eigenvalue weighted by Gasteiger charge is 2.31. The van der Waals surface area contributed by atoms with E-state index >= 15 is 0 Å². The minimum atomic E-state index is -1.33. The molecule has 2 aromatic heterocycles. The van der Waals surface area contributed by atoms with Crippen molar-refractivity contribution in [2.45, 2.75) is 57.7 Å². The molecule has 0 aliphatic carbocycles. The first kappa shape index (κ1) is 34.0. The third-order valence-corrected chi connectivity index (χ3v) is 7.26. The van der Waals surface area contributed by atoms with Crippen molar-refractivity contribution in [1.29, 1.82) is 0 Å². The zero-order chi connectivity index (χ0) is 33.9. The predicted octanol–water partition coefficient (Wildman–Crippen LogP) is 1.43. The van der Waals surface area contributed by atoms with Crippen molar-refractivity contribution in [3.05, 3.63) is 83.3 Å². The summed E-state index contributed by atoms with van der Waals surface area (Å²) in [6.07, 6.45) is 1.16. The Kier molecular flexibility index (Phi) is 11.5. The number of rotatable bonds is 15. The smallest absolute Gasteiger partial charge is 0.405 e. The van der Waals surface area contributed by atoms with Crippen LogP contribution in [0.4, 0.5) is 4.79 Å². The van der Waals surface area contributed by atoms with Crippen molar-refractivity contribution >= 4 is 23.9 Å². The fourth-order valence-corrected chi connectivity index (χ4v) is 5.01. The van der Waals surface area contributed by atoms with Gasteiger partial charge in [-0.25, -0.2) is 9.78 Å². The Morgan fingerprint density at radius 3 is 2.40 bits per heavy atom. The SMILES string of the molecule is Cc1cc(O)cc(C)c1C[C@H](NC(=O)[C@@H](CCCN=C(N)N)OC(N)=O)C(=O)N[C@@H](Cc1cnc[nH]1)c1nc(-c2ccccc2)no1. The number of aromatic hydroxyl groups is 1. The largest absolute Gasteiger partial charge is 0.508 e. The van der Waals surface area contributed by atoms with Gasteiger partial charge in [0.2, 0.25) is 17.6 Å². The summed E-state index contributed by atoms with van der Waals surface area (Å²) in [5.74, 6) is -0.945. The molecule has 0 saturated carbocycles. The monoisotopic (exact) mass is 646 g/mol. The number of carbonyl (C=O) groups is 3. The minimum absolute atomic E-state index is 0.0304. The van der Waals surface area contributed by atoms with E-state index in [1.807, 2.05) is 30.3 Å². The molecule has 3 amide bonds. The van der Waals surface area contributed by atoms with E-state index in [2.05, 4.69) is 35.7 Å². The Labute approximate surface area is 270 Å². The number of nitrogens with zero attached hydrogens (tertiary/aromatic N) is 4. The van der Waals surface area contributed by atoms with Crippen LogP contribution in [0.5, 0.6) is 5.75 Å². The Bertz CT molecular complexity index is 1660. The van der Waals surface area contributed by atoms with Gasteiger partial charge in [-0.3, -0.25) is 14.6 Å². The summed E-state index contributed by atoms with van der Waals surface area (Å²) in [6.45, 7) is 3.74. The number of aromatic amines is 1. The van der Waals surface area contributed by atoms with Gasteiger partial charge in [-0.15, -0.1) is 0 Å². The molecule has 47 heavy (non-hydrogen) atoms. The zero-order valence-electron chi connectivity index (χ0n) is 26.0. The molecule has 3 atom stereocenters. The van der Waals surface area contributed by atoms with Crippen LogP contribution in [0, 0.1) is 13.8 Å². The van der Waals surface area contributed by atoms with Gasteiger partial charge >= 0.3 is 6.09 Å². The number of aromatic nitrogens is 4. The number of hydrogen-bond donors (Lipinski definition) is 7. The van der Waals surface area contributed by atoms with E-state index in [1.165, 1.54) is 6.33 Å². The minimum Gasteiger partial charge on any atom is -0.508 e. The zero-order valence-corrected chi connectivity index (χ0v) is 26.0. The number of phenolic OH excluding ortho intramolecular Hbond substituents is 1. The summed E-state index contributed by atoms with van der Waals surface area (Å²) in [5, 5.41) is 19.8. The van der Waals surface area contributed by atoms with Crippen LogP contribution < -0.4 is 27.8 Å². The Morgan fingerprint density at radius 1 is 1.04 bits per heavy atom. The lowest BCUT2D eigenvalue weighted by Crippen LogP contribution is -2.52. The molecule has 16 nitrogen and oxygen atoms in total. The third kappa shape index (κ3) is 9.78. The van der Waals surface area contributed by atoms with Crippen LogP contribution in [0.3, 0.4) is 0 Å². The van der Waals surface area contributed by atoms with Crippen molar-refractivity contribution in [2.24, 2.45) is 22.2 Å². The van der Waals surface area contributed by atoms with Crippen LogP contribution in [0.15, 0.2) is 64.5 Å². The van der Waals surface area contributed by atoms with Crippen LogP contribution in [0.1, 0.15) is 47.2 Å². The molecule has 2 heterocycles. The summed E-state index contributed by atoms with van der Waals surface area (Å²) in [4.78, 5) is 54.7. The van der Waals surface area contributed by atoms with Crippen molar-refractivity contribution in [3.63, 3.8) is 0 Å². The molecule has 0 bridgehead atoms. The Hall–Kier alpha value is -5.93. The fraction of sp³-hybridized carbons (Fsp3) is 0.323. The molecule has 0 fully saturated rings. The summed E-state index contributed by atoms with van der Waals surface area (Å²) in [7, 11) is 0. The molecule has 0 unspecified atom stereocenters. The summed E-state index contributed by atoms with van der Waals surface area (Å²) >= 11 is 0. The summed E-state index contributed by atoms with van der Waals surface area (Å²) in [5.41, 5.74) is 19.5. The number of guanidine groups is 1. The lowest BCUT2D eigenvalue weighted by molar-refractivity contribution is -0.134. The highest BCUT2D eigenvalue weighted by Crippen LogP contribution is 2.24. The number of aryl methyl sites for hydroxylation is 2. The number of H-pyrrole nitrogens is 1. The second kappa shape index (κ2) is 15.9. The van der Waals surface area contributed by atoms with Gasteiger partial charge in [0.1, 0.15) is 17.8 Å². The van der Waals surface area contributed by atoms with Crippen molar-refractivity contribution in [2.75, 3.05) is 6.54 Å². The molecule has 0 radical (unpaired) electrons. The predicted molar refractivity (Wildman–Crippen MR) is 170 cm³/mol. The maximum atomic E-state index is 14.1. The number of nitrogens with two attached hydrogens (primary N) is 3. The number of aliphatic imine (C=N–C) groups is 1. The maximum absolute atomic E-state index is 14.1. The summed E-state index contributed by atoms with van der Waals surface area (Å²) in [6, 6.07) is 10.3. The number of nitrogens with one attached hydrogen (secondary N) is 3. The van der Waals surface area contributed by atoms with Gasteiger partial charge in [0.05, 0.1) is 6.33 Å². The first-order valence-electron chi connectivity index (χ1n) is 14.8. The average Bonchev–Trinajstić information content (AvgIpc) is 3.72. The standard InChI is InChI=1S/C31H38N10O6/c1-17-11-21(42)12-18(2)22(17)14-23(38-28(44)25(46-31(34)45)9-6-10-36-30(32)33)27(43)39-24(13-20-15-35-16-37-20)29-40-26(41-47-29)19-7-4-3-5-8-19/h3-5,7-8,11-12,15-16,23-25,42H,6,9-10,13-14H2,1-2H3,(H2,34,45)(H,35,37)(H,38,44)(H,39,43)(H4,32,33,36)/t23-,24-,25+/m0/s1. The molecular formula is C31H38N10O6. The van der Waals surface area contributed by atoms with Crippen molar-refractivity contribution in [3.8, 4) is 17.1 Å². The van der Waals surface area contributed by atoms with Crippen LogP contribution in [0.25, 0.3) is 11.4 Å². The van der Waals surface area contributed by atoms with E-state index in [0.717, 1.165) is 11.1 Å². The van der Waals surface area contributed by atoms with E-state index in [0.29, 0.717) is 22.6 Å². The van der Waals surface area contributed by atoms with Gasteiger partial charge in [-0.2, -0.15) is 4.98 Å². The van der Waals surface area contributed by atoms with E-state index < -0.39 is 36.1 Å². The highest BCUT2D eigenvalue weighted by molar-refractivity contribution is 5.90. The average molecular weight is 647 g/mol. The molecule has 248 valence electrons. The van der Waals surface area contributed by atoms with Gasteiger partial charge in [0.25, 0.3) is 5.91 Å². The molecule has 16 heteroatoms. The second-order valence-corrected chi connectivity index (χ2v) is 10.9. The molecule has 0 saturated heterocycles. The van der Waals surface area contributed by atoms with Gasteiger partial charge in [-0.1, -0.05) is 35.5 Å². The number of benzene rings is 2. The first-order valence-corrected chi connectivity index (χ1v) is 14.8. The van der Waals surface area contributed by atoms with Crippen molar-refractivity contribution in [1.82, 2.24) is 30.7 Å². The number of hydrogen-bond acceptors (Lipinski definition) is 10. The van der Waals surface area contributed by atoms with Gasteiger partial charge in [0.15, 0.2) is 12.1 Å². The maximum Gasteiger partial charge on any atom is 0.405 e. The Balaban J connectivity index is 1.63. The van der Waals surface area contributed by atoms with E-state index in [9.17, 15) is 19.5 Å². The topological polar surface area (TPSA) is 263 Å². The normalized spacial score (nSPS) is 12.8. The molecule has 0 spiro atoms. The fourth-order valence-electron chi connectivity index (χ4n) is 5.01. The number of primary amides is 1. The van der Waals surface area contributed by atoms with Gasteiger partial charge in [-0.05, 0) is 55.5 Å². The van der Waals surface area contributed by atoms with Crippen LogP contribution in [0.2, 0.25) is 0 Å². The molecule has 10 N–H and O–H groups in total. The molecular weight excluding hydrogens is 608 g/mol. The van der Waals surface area contributed by atoms with Gasteiger partial charge < -0.3 is 47.2 Å². The number of imidazole rings is 1. The molecule has 0 aliphatic heterocycles. The lowest BCUT2D eigenvalue weighted by Gasteiger charge is -2.25. The van der Waals surface area contributed by atoms with E-state index in [-0.39, 0.29) is 49.8 Å². The highest BCUT2D eigenvalue weighted by atomic mass is 16.6. The molecule has 4 rings (SSSR count). The summed E-state index contributed by atoms with van der Waals surface area (Å²) < 4.78 is 10.7. The van der Waals surface area contributed by atoms with E-state index in [1.54, 1.807) is 32.2 Å². The van der Waals surface area contributed by atoms with Crippen molar-refractivity contribution < 1.29 is 28.8 Å². The first-order chi connectivity index (χ1) is 22.5.